The Morgan fingerprint density at radius 1 is 1.03 bits per heavy atom. The standard InChI is InChI=1S/C27H30ClN5O2/c1-2-3-4-7-17-35-27(34)22(19-29)25-26(31-24-12-6-5-11-23(24)30-25)33-15-13-32(14-16-33)21-10-8-9-20(28)18-21/h5-6,8-12,18,22H,2-4,7,13-17H2,1H3/t22-/m1/s1. The fourth-order valence-corrected chi connectivity index (χ4v) is 4.47. The number of ether oxygens (including phenoxy) is 1. The van der Waals surface area contributed by atoms with E-state index in [4.69, 9.17) is 26.3 Å². The van der Waals surface area contributed by atoms with Crippen LogP contribution in [0.3, 0.4) is 0 Å². The number of carbonyl (C=O) groups excluding carboxylic acids is 1. The van der Waals surface area contributed by atoms with Crippen LogP contribution in [0.1, 0.15) is 44.2 Å². The van der Waals surface area contributed by atoms with Gasteiger partial charge in [0.25, 0.3) is 0 Å². The quantitative estimate of drug-likeness (QED) is 0.295. The summed E-state index contributed by atoms with van der Waals surface area (Å²) >= 11 is 6.18. The van der Waals surface area contributed by atoms with Crippen molar-refractivity contribution in [2.45, 2.75) is 38.5 Å². The number of piperazine rings is 1. The fraction of sp³-hybridized carbons (Fsp3) is 0.407. The first-order valence-corrected chi connectivity index (χ1v) is 12.6. The summed E-state index contributed by atoms with van der Waals surface area (Å²) in [5.41, 5.74) is 2.82. The van der Waals surface area contributed by atoms with Crippen LogP contribution in [0.5, 0.6) is 0 Å². The van der Waals surface area contributed by atoms with Crippen molar-refractivity contribution in [3.8, 4) is 6.07 Å². The van der Waals surface area contributed by atoms with Crippen molar-refractivity contribution in [1.29, 1.82) is 5.26 Å². The maximum Gasteiger partial charge on any atom is 0.329 e. The maximum absolute atomic E-state index is 12.9. The first-order chi connectivity index (χ1) is 17.1. The van der Waals surface area contributed by atoms with Crippen molar-refractivity contribution in [1.82, 2.24) is 9.97 Å². The molecule has 0 N–H and O–H groups in total. The molecule has 8 heteroatoms. The van der Waals surface area contributed by atoms with Gasteiger partial charge >= 0.3 is 5.97 Å². The van der Waals surface area contributed by atoms with E-state index in [2.05, 4.69) is 22.8 Å². The molecule has 0 radical (unpaired) electrons. The van der Waals surface area contributed by atoms with Gasteiger partial charge in [0.05, 0.1) is 23.7 Å². The molecule has 4 rings (SSSR count). The van der Waals surface area contributed by atoms with Gasteiger partial charge in [0, 0.05) is 36.9 Å². The summed E-state index contributed by atoms with van der Waals surface area (Å²) in [5, 5.41) is 10.7. The lowest BCUT2D eigenvalue weighted by molar-refractivity contribution is -0.144. The second-order valence-corrected chi connectivity index (χ2v) is 9.10. The molecule has 0 aliphatic carbocycles. The second-order valence-electron chi connectivity index (χ2n) is 8.67. The summed E-state index contributed by atoms with van der Waals surface area (Å²) in [6.45, 7) is 5.31. The van der Waals surface area contributed by atoms with Gasteiger partial charge in [0.1, 0.15) is 5.69 Å². The average molecular weight is 492 g/mol. The van der Waals surface area contributed by atoms with E-state index in [1.54, 1.807) is 0 Å². The molecule has 3 aromatic rings. The van der Waals surface area contributed by atoms with E-state index in [1.165, 1.54) is 0 Å². The van der Waals surface area contributed by atoms with E-state index in [0.717, 1.165) is 50.0 Å². The van der Waals surface area contributed by atoms with Crippen molar-refractivity contribution >= 4 is 40.1 Å². The summed E-state index contributed by atoms with van der Waals surface area (Å²) in [6.07, 6.45) is 3.99. The molecule has 1 aliphatic rings. The number of unbranched alkanes of at least 4 members (excludes halogenated alkanes) is 3. The number of anilines is 2. The predicted molar refractivity (Wildman–Crippen MR) is 139 cm³/mol. The summed E-state index contributed by atoms with van der Waals surface area (Å²) in [4.78, 5) is 26.8. The van der Waals surface area contributed by atoms with Crippen LogP contribution in [0, 0.1) is 11.3 Å². The van der Waals surface area contributed by atoms with Gasteiger partial charge in [-0.05, 0) is 36.8 Å². The zero-order chi connectivity index (χ0) is 24.6. The third-order valence-corrected chi connectivity index (χ3v) is 6.45. The van der Waals surface area contributed by atoms with Crippen molar-refractivity contribution in [2.75, 3.05) is 42.6 Å². The molecule has 1 saturated heterocycles. The highest BCUT2D eigenvalue weighted by atomic mass is 35.5. The van der Waals surface area contributed by atoms with Crippen molar-refractivity contribution < 1.29 is 9.53 Å². The fourth-order valence-electron chi connectivity index (χ4n) is 4.29. The Labute approximate surface area is 211 Å². The molecule has 0 unspecified atom stereocenters. The van der Waals surface area contributed by atoms with Crippen LogP contribution in [0.4, 0.5) is 11.5 Å². The van der Waals surface area contributed by atoms with Crippen LogP contribution in [-0.2, 0) is 9.53 Å². The van der Waals surface area contributed by atoms with Crippen LogP contribution in [0.2, 0.25) is 5.02 Å². The summed E-state index contributed by atoms with van der Waals surface area (Å²) in [7, 11) is 0. The van der Waals surface area contributed by atoms with Crippen LogP contribution in [0.25, 0.3) is 11.0 Å². The number of benzene rings is 2. The van der Waals surface area contributed by atoms with Crippen LogP contribution in [0.15, 0.2) is 48.5 Å². The first-order valence-electron chi connectivity index (χ1n) is 12.2. The lowest BCUT2D eigenvalue weighted by Gasteiger charge is -2.37. The lowest BCUT2D eigenvalue weighted by Crippen LogP contribution is -2.47. The number of rotatable bonds is 9. The Balaban J connectivity index is 1.56. The van der Waals surface area contributed by atoms with Gasteiger partial charge in [-0.15, -0.1) is 0 Å². The monoisotopic (exact) mass is 491 g/mol. The molecule has 2 heterocycles. The first kappa shape index (κ1) is 24.7. The smallest absolute Gasteiger partial charge is 0.329 e. The Morgan fingerprint density at radius 3 is 2.43 bits per heavy atom. The van der Waals surface area contributed by atoms with E-state index in [1.807, 2.05) is 48.5 Å². The molecule has 182 valence electrons. The molecular weight excluding hydrogens is 462 g/mol. The molecular formula is C27H30ClN5O2. The van der Waals surface area contributed by atoms with Gasteiger partial charge in [0.2, 0.25) is 0 Å². The average Bonchev–Trinajstić information content (AvgIpc) is 2.89. The van der Waals surface area contributed by atoms with Gasteiger partial charge in [-0.1, -0.05) is 56.0 Å². The minimum atomic E-state index is -1.13. The van der Waals surface area contributed by atoms with Crippen molar-refractivity contribution in [3.63, 3.8) is 0 Å². The van der Waals surface area contributed by atoms with Crippen molar-refractivity contribution in [2.24, 2.45) is 0 Å². The van der Waals surface area contributed by atoms with E-state index >= 15 is 0 Å². The minimum absolute atomic E-state index is 0.311. The third kappa shape index (κ3) is 6.01. The van der Waals surface area contributed by atoms with Gasteiger partial charge < -0.3 is 14.5 Å². The zero-order valence-corrected chi connectivity index (χ0v) is 20.7. The lowest BCUT2D eigenvalue weighted by atomic mass is 10.1. The van der Waals surface area contributed by atoms with Gasteiger partial charge in [-0.2, -0.15) is 5.26 Å². The number of para-hydroxylation sites is 2. The van der Waals surface area contributed by atoms with Gasteiger partial charge in [-0.3, -0.25) is 4.79 Å². The molecule has 7 nitrogen and oxygen atoms in total. The predicted octanol–water partition coefficient (Wildman–Crippen LogP) is 5.34. The Bertz CT molecular complexity index is 1200. The number of nitriles is 1. The summed E-state index contributed by atoms with van der Waals surface area (Å²) in [6, 6.07) is 17.5. The molecule has 0 spiro atoms. The maximum atomic E-state index is 12.9. The largest absolute Gasteiger partial charge is 0.464 e. The molecule has 2 aromatic carbocycles. The van der Waals surface area contributed by atoms with E-state index in [0.29, 0.717) is 41.7 Å². The SMILES string of the molecule is CCCCCCOC(=O)[C@H](C#N)c1nc2ccccc2nc1N1CCN(c2cccc(Cl)c2)CC1. The number of hydrogen-bond donors (Lipinski definition) is 0. The Morgan fingerprint density at radius 2 is 1.74 bits per heavy atom. The van der Waals surface area contributed by atoms with Gasteiger partial charge in [-0.25, -0.2) is 9.97 Å². The Kier molecular flexibility index (Phi) is 8.38. The number of aromatic nitrogens is 2. The van der Waals surface area contributed by atoms with Crippen LogP contribution < -0.4 is 9.80 Å². The number of halogens is 1. The highest BCUT2D eigenvalue weighted by molar-refractivity contribution is 6.30. The molecule has 1 atom stereocenters. The van der Waals surface area contributed by atoms with E-state index in [-0.39, 0.29) is 0 Å². The number of fused-ring (bicyclic) bond motifs is 1. The number of esters is 1. The normalized spacial score (nSPS) is 14.5. The Hall–Kier alpha value is -3.37. The highest BCUT2D eigenvalue weighted by Crippen LogP contribution is 2.30. The molecule has 0 saturated carbocycles. The summed E-state index contributed by atoms with van der Waals surface area (Å²) < 4.78 is 5.47. The van der Waals surface area contributed by atoms with E-state index < -0.39 is 11.9 Å². The number of carbonyl (C=O) groups is 1. The number of nitrogens with zero attached hydrogens (tertiary/aromatic N) is 5. The van der Waals surface area contributed by atoms with Gasteiger partial charge in [0.15, 0.2) is 11.7 Å². The number of hydrogen-bond acceptors (Lipinski definition) is 7. The zero-order valence-electron chi connectivity index (χ0n) is 20.0. The highest BCUT2D eigenvalue weighted by Gasteiger charge is 2.31. The molecule has 1 aromatic heterocycles. The molecule has 1 aliphatic heterocycles. The minimum Gasteiger partial charge on any atom is -0.464 e. The van der Waals surface area contributed by atoms with E-state index in [9.17, 15) is 10.1 Å². The topological polar surface area (TPSA) is 82.3 Å². The van der Waals surface area contributed by atoms with Crippen LogP contribution >= 0.6 is 11.6 Å². The second kappa shape index (κ2) is 11.9. The van der Waals surface area contributed by atoms with Crippen LogP contribution in [-0.4, -0.2) is 48.7 Å². The molecule has 35 heavy (non-hydrogen) atoms. The summed E-state index contributed by atoms with van der Waals surface area (Å²) in [5.74, 6) is -1.12. The molecule has 0 bridgehead atoms. The molecule has 1 fully saturated rings. The molecule has 0 amide bonds. The third-order valence-electron chi connectivity index (χ3n) is 6.21. The van der Waals surface area contributed by atoms with Crippen molar-refractivity contribution in [3.05, 3.63) is 59.2 Å².